The van der Waals surface area contributed by atoms with Crippen molar-refractivity contribution in [3.8, 4) is 5.75 Å². The predicted octanol–water partition coefficient (Wildman–Crippen LogP) is -0.528. The normalized spacial score (nSPS) is 24.2. The summed E-state index contributed by atoms with van der Waals surface area (Å²) in [6.45, 7) is 0.664. The third-order valence-electron chi connectivity index (χ3n) is 6.84. The first-order chi connectivity index (χ1) is 18.7. The average Bonchev–Trinajstić information content (AvgIpc) is 3.55. The van der Waals surface area contributed by atoms with Crippen LogP contribution in [0.1, 0.15) is 12.8 Å². The van der Waals surface area contributed by atoms with E-state index in [1.54, 1.807) is 47.5 Å². The maximum atomic E-state index is 13.6. The molecular weight excluding hydrogens is 607 g/mol. The Morgan fingerprint density at radius 1 is 1.27 bits per heavy atom. The summed E-state index contributed by atoms with van der Waals surface area (Å²) in [4.78, 5) is 20.7. The number of fused-ring (bicyclic) bond motifs is 2. The van der Waals surface area contributed by atoms with Crippen LogP contribution in [-0.4, -0.2) is 77.3 Å². The summed E-state index contributed by atoms with van der Waals surface area (Å²) < 4.78 is 48.3. The molecule has 4 heterocycles. The number of quaternary nitrogens is 1. The van der Waals surface area contributed by atoms with Gasteiger partial charge in [0.2, 0.25) is 0 Å². The summed E-state index contributed by atoms with van der Waals surface area (Å²) in [6.07, 6.45) is 5.18. The standard InChI is InChI=1S/C25H25ClN4O7S2.K/c26-17-6-8-20-19(16-17)30(12-3-5-23(30)39(33,34)35)22(37-20)9-7-18-24(32)29(21-4-1-2-10-27-21)25(38)28(18)11-14-36-15-13-31;/h1-2,4,6-10,16,23,31H,3,5,11-15H2;/q;+1. The van der Waals surface area contributed by atoms with Gasteiger partial charge in [-0.25, -0.2) is 22.8 Å². The minimum absolute atomic E-state index is 0. The fraction of sp³-hybridized carbons (Fsp3) is 0.320. The van der Waals surface area contributed by atoms with E-state index in [9.17, 15) is 17.8 Å². The van der Waals surface area contributed by atoms with Crippen molar-refractivity contribution >= 4 is 56.5 Å². The van der Waals surface area contributed by atoms with E-state index in [2.05, 4.69) is 4.98 Å². The minimum Gasteiger partial charge on any atom is -0.743 e. The summed E-state index contributed by atoms with van der Waals surface area (Å²) in [5.74, 6) is 0.465. The molecule has 0 aliphatic carbocycles. The molecule has 0 radical (unpaired) electrons. The molecule has 1 spiro atoms. The number of rotatable bonds is 8. The van der Waals surface area contributed by atoms with Gasteiger partial charge in [0.05, 0.1) is 26.4 Å². The summed E-state index contributed by atoms with van der Waals surface area (Å²) >= 11 is 11.9. The van der Waals surface area contributed by atoms with Gasteiger partial charge in [-0.15, -0.1) is 0 Å². The average molecular weight is 632 g/mol. The molecule has 40 heavy (non-hydrogen) atoms. The molecule has 15 heteroatoms. The minimum atomic E-state index is -4.73. The summed E-state index contributed by atoms with van der Waals surface area (Å²) in [7, 11) is -4.73. The second-order valence-corrected chi connectivity index (χ2v) is 11.4. The van der Waals surface area contributed by atoms with Crippen molar-refractivity contribution in [1.82, 2.24) is 14.4 Å². The smallest absolute Gasteiger partial charge is 0.743 e. The van der Waals surface area contributed by atoms with Gasteiger partial charge in [0, 0.05) is 42.7 Å². The Balaban J connectivity index is 0.00000370. The quantitative estimate of drug-likeness (QED) is 0.101. The van der Waals surface area contributed by atoms with Crippen molar-refractivity contribution in [2.24, 2.45) is 0 Å². The van der Waals surface area contributed by atoms with Crippen LogP contribution >= 0.6 is 23.8 Å². The number of nitrogens with zero attached hydrogens (tertiary/aromatic N) is 4. The van der Waals surface area contributed by atoms with Crippen LogP contribution in [0.5, 0.6) is 5.75 Å². The van der Waals surface area contributed by atoms with Gasteiger partial charge in [-0.05, 0) is 42.6 Å². The van der Waals surface area contributed by atoms with Crippen LogP contribution in [0.15, 0.2) is 66.3 Å². The van der Waals surface area contributed by atoms with Crippen molar-refractivity contribution < 1.29 is 83.7 Å². The van der Waals surface area contributed by atoms with E-state index in [1.165, 1.54) is 17.1 Å². The molecule has 1 aromatic heterocycles. The number of carbonyl (C=O) groups excluding carboxylic acids is 1. The number of carbonyl (C=O) groups is 1. The fourth-order valence-corrected chi connectivity index (χ4v) is 6.97. The Kier molecular flexibility index (Phi) is 10.2. The zero-order valence-electron chi connectivity index (χ0n) is 21.6. The summed E-state index contributed by atoms with van der Waals surface area (Å²) in [5.41, 5.74) is 0.661. The molecule has 206 valence electrons. The van der Waals surface area contributed by atoms with Gasteiger partial charge in [-0.3, -0.25) is 4.79 Å². The van der Waals surface area contributed by atoms with Gasteiger partial charge in [-0.1, -0.05) is 17.7 Å². The predicted molar refractivity (Wildman–Crippen MR) is 147 cm³/mol. The summed E-state index contributed by atoms with van der Waals surface area (Å²) in [5, 5.41) is 8.28. The molecule has 1 amide bonds. The third-order valence-corrected chi connectivity index (χ3v) is 8.74. The second kappa shape index (κ2) is 12.9. The largest absolute Gasteiger partial charge is 1.00 e. The number of anilines is 1. The molecule has 0 bridgehead atoms. The fourth-order valence-electron chi connectivity index (χ4n) is 5.22. The number of benzene rings is 1. The number of amides is 1. The van der Waals surface area contributed by atoms with Gasteiger partial charge < -0.3 is 24.0 Å². The van der Waals surface area contributed by atoms with Gasteiger partial charge in [-0.2, -0.15) is 0 Å². The van der Waals surface area contributed by atoms with Gasteiger partial charge in [0.1, 0.15) is 11.5 Å². The van der Waals surface area contributed by atoms with Gasteiger partial charge >= 0.3 is 57.3 Å². The topological polar surface area (TPSA) is 132 Å². The molecule has 2 saturated heterocycles. The van der Waals surface area contributed by atoms with Crippen LogP contribution in [0.2, 0.25) is 5.02 Å². The number of hydrogen-bond acceptors (Lipinski definition) is 9. The van der Waals surface area contributed by atoms with Crippen LogP contribution in [0.4, 0.5) is 11.5 Å². The van der Waals surface area contributed by atoms with E-state index in [4.69, 9.17) is 38.4 Å². The van der Waals surface area contributed by atoms with Crippen LogP contribution in [-0.2, 0) is 19.6 Å². The number of pyridine rings is 1. The number of aliphatic hydroxyl groups is 1. The number of aliphatic hydroxyl groups excluding tert-OH is 1. The molecule has 11 nitrogen and oxygen atoms in total. The number of allylic oxidation sites excluding steroid dienone is 2. The Hall–Kier alpha value is -1.27. The van der Waals surface area contributed by atoms with Gasteiger partial charge in [0.25, 0.3) is 5.91 Å². The van der Waals surface area contributed by atoms with Crippen molar-refractivity contribution in [2.45, 2.75) is 18.2 Å². The molecule has 0 saturated carbocycles. The third kappa shape index (κ3) is 5.82. The molecule has 1 aromatic carbocycles. The first-order valence-corrected chi connectivity index (χ1v) is 14.4. The maximum Gasteiger partial charge on any atom is 1.00 e. The van der Waals surface area contributed by atoms with Crippen molar-refractivity contribution in [2.75, 3.05) is 37.8 Å². The van der Waals surface area contributed by atoms with E-state index in [0.29, 0.717) is 35.2 Å². The molecule has 3 aliphatic rings. The molecule has 1 N–H and O–H groups in total. The zero-order valence-corrected chi connectivity index (χ0v) is 27.1. The van der Waals surface area contributed by atoms with Crippen molar-refractivity contribution in [3.05, 3.63) is 71.3 Å². The molecular formula is C25H25ClKN4O7S2+. The Morgan fingerprint density at radius 2 is 2.08 bits per heavy atom. The first-order valence-electron chi connectivity index (χ1n) is 12.2. The molecule has 5 rings (SSSR count). The number of aromatic nitrogens is 1. The monoisotopic (exact) mass is 631 g/mol. The number of thiocarbonyl (C=S) groups is 1. The zero-order chi connectivity index (χ0) is 27.8. The summed E-state index contributed by atoms with van der Waals surface area (Å²) in [6, 6.07) is 9.96. The first kappa shape index (κ1) is 31.7. The van der Waals surface area contributed by atoms with E-state index in [1.807, 2.05) is 0 Å². The van der Waals surface area contributed by atoms with Crippen molar-refractivity contribution in [3.63, 3.8) is 0 Å². The van der Waals surface area contributed by atoms with Gasteiger partial charge in [0.15, 0.2) is 32.0 Å². The van der Waals surface area contributed by atoms with E-state index >= 15 is 0 Å². The van der Waals surface area contributed by atoms with Crippen LogP contribution in [0.3, 0.4) is 0 Å². The molecule has 2 aromatic rings. The Bertz CT molecular complexity index is 1470. The molecule has 2 fully saturated rings. The van der Waals surface area contributed by atoms with E-state index in [-0.39, 0.29) is 105 Å². The van der Waals surface area contributed by atoms with E-state index in [0.717, 1.165) is 0 Å². The van der Waals surface area contributed by atoms with Crippen LogP contribution in [0.25, 0.3) is 0 Å². The molecule has 3 aliphatic heterocycles. The van der Waals surface area contributed by atoms with Crippen molar-refractivity contribution in [1.29, 1.82) is 0 Å². The number of hydrogen-bond donors (Lipinski definition) is 1. The second-order valence-electron chi connectivity index (χ2n) is 9.05. The maximum absolute atomic E-state index is 13.6. The van der Waals surface area contributed by atoms with Crippen LogP contribution in [0, 0.1) is 0 Å². The SMILES string of the molecule is O=C1C(=CC=C2Oc3ccc(Cl)cc3[N+]23CCCC3S(=O)(=O)[O-])N(CCOCCO)C(=S)N1c1ccccn1.[K+]. The molecule has 2 atom stereocenters. The Labute approximate surface area is 284 Å². The number of ether oxygens (including phenoxy) is 2. The number of halogens is 1. The van der Waals surface area contributed by atoms with E-state index < -0.39 is 21.4 Å². The van der Waals surface area contributed by atoms with Crippen LogP contribution < -0.4 is 65.5 Å². The molecule has 2 unspecified atom stereocenters. The Morgan fingerprint density at radius 3 is 2.77 bits per heavy atom.